The summed E-state index contributed by atoms with van der Waals surface area (Å²) in [4.78, 5) is 24.5. The molecule has 1 saturated heterocycles. The Balaban J connectivity index is 1.84. The Kier molecular flexibility index (Phi) is 5.16. The van der Waals surface area contributed by atoms with Gasteiger partial charge in [-0.15, -0.1) is 0 Å². The Morgan fingerprint density at radius 3 is 3.00 bits per heavy atom. The molecule has 2 rings (SSSR count). The van der Waals surface area contributed by atoms with Gasteiger partial charge in [-0.1, -0.05) is 12.1 Å². The molecule has 0 saturated carbocycles. The maximum atomic E-state index is 12.1. The molecule has 0 bridgehead atoms. The molecule has 1 fully saturated rings. The van der Waals surface area contributed by atoms with E-state index >= 15 is 0 Å². The zero-order valence-electron chi connectivity index (χ0n) is 11.9. The molecule has 1 aromatic rings. The average Bonchev–Trinajstić information content (AvgIpc) is 2.47. The van der Waals surface area contributed by atoms with E-state index in [0.717, 1.165) is 5.56 Å². The van der Waals surface area contributed by atoms with Crippen LogP contribution in [-0.2, 0) is 14.3 Å². The number of benzene rings is 1. The summed E-state index contributed by atoms with van der Waals surface area (Å²) in [6.07, 6.45) is 0.151. The number of hydrogen-bond donors (Lipinski definition) is 1. The molecular weight excluding hydrogens is 274 g/mol. The molecule has 0 radical (unpaired) electrons. The lowest BCUT2D eigenvalue weighted by Crippen LogP contribution is -2.52. The van der Waals surface area contributed by atoms with Crippen LogP contribution < -0.4 is 4.74 Å². The van der Waals surface area contributed by atoms with E-state index in [-0.39, 0.29) is 25.5 Å². The lowest BCUT2D eigenvalue weighted by Gasteiger charge is -2.32. The SMILES string of the molecule is Cc1cccc(OCCC(=O)N2CCOCC2C(=O)O)c1. The highest BCUT2D eigenvalue weighted by molar-refractivity contribution is 5.84. The number of nitrogens with zero attached hydrogens (tertiary/aromatic N) is 1. The van der Waals surface area contributed by atoms with Crippen molar-refractivity contribution in [3.63, 3.8) is 0 Å². The first-order chi connectivity index (χ1) is 10.1. The van der Waals surface area contributed by atoms with Gasteiger partial charge in [0.2, 0.25) is 5.91 Å². The fourth-order valence-corrected chi connectivity index (χ4v) is 2.21. The first kappa shape index (κ1) is 15.3. The monoisotopic (exact) mass is 293 g/mol. The molecule has 0 aromatic heterocycles. The van der Waals surface area contributed by atoms with Crippen LogP contribution in [-0.4, -0.2) is 54.3 Å². The number of rotatable bonds is 5. The second kappa shape index (κ2) is 7.08. The van der Waals surface area contributed by atoms with Crippen LogP contribution in [0, 0.1) is 6.92 Å². The third kappa shape index (κ3) is 4.19. The average molecular weight is 293 g/mol. The van der Waals surface area contributed by atoms with Crippen LogP contribution in [0.4, 0.5) is 0 Å². The van der Waals surface area contributed by atoms with Gasteiger partial charge in [-0.25, -0.2) is 4.79 Å². The number of carbonyl (C=O) groups excluding carboxylic acids is 1. The van der Waals surface area contributed by atoms with Crippen molar-refractivity contribution < 1.29 is 24.2 Å². The smallest absolute Gasteiger partial charge is 0.328 e. The van der Waals surface area contributed by atoms with Crippen molar-refractivity contribution in [2.45, 2.75) is 19.4 Å². The standard InChI is InChI=1S/C15H19NO5/c1-11-3-2-4-12(9-11)21-7-5-14(17)16-6-8-20-10-13(16)15(18)19/h2-4,9,13H,5-8,10H2,1H3,(H,18,19). The number of amides is 1. The molecule has 21 heavy (non-hydrogen) atoms. The van der Waals surface area contributed by atoms with Gasteiger partial charge in [-0.2, -0.15) is 0 Å². The molecule has 1 amide bonds. The minimum Gasteiger partial charge on any atom is -0.493 e. The Morgan fingerprint density at radius 1 is 1.48 bits per heavy atom. The molecule has 114 valence electrons. The molecule has 1 aromatic carbocycles. The number of carboxylic acid groups (broad SMARTS) is 1. The molecule has 1 heterocycles. The normalized spacial score (nSPS) is 18.3. The van der Waals surface area contributed by atoms with Crippen molar-refractivity contribution >= 4 is 11.9 Å². The van der Waals surface area contributed by atoms with Crippen molar-refractivity contribution in [2.75, 3.05) is 26.4 Å². The van der Waals surface area contributed by atoms with Crippen molar-refractivity contribution in [3.05, 3.63) is 29.8 Å². The number of morpholine rings is 1. The van der Waals surface area contributed by atoms with E-state index in [1.165, 1.54) is 4.90 Å². The number of aliphatic carboxylic acids is 1. The van der Waals surface area contributed by atoms with Gasteiger partial charge in [-0.05, 0) is 24.6 Å². The largest absolute Gasteiger partial charge is 0.493 e. The maximum absolute atomic E-state index is 12.1. The van der Waals surface area contributed by atoms with E-state index in [4.69, 9.17) is 14.6 Å². The minimum atomic E-state index is -1.04. The summed E-state index contributed by atoms with van der Waals surface area (Å²) >= 11 is 0. The van der Waals surface area contributed by atoms with Crippen LogP contribution in [0.2, 0.25) is 0 Å². The first-order valence-corrected chi connectivity index (χ1v) is 6.87. The van der Waals surface area contributed by atoms with Crippen molar-refractivity contribution in [1.29, 1.82) is 0 Å². The number of aryl methyl sites for hydroxylation is 1. The lowest BCUT2D eigenvalue weighted by atomic mass is 10.2. The molecule has 1 aliphatic rings. The minimum absolute atomic E-state index is 0.0415. The number of carboxylic acids is 1. The highest BCUT2D eigenvalue weighted by Gasteiger charge is 2.32. The topological polar surface area (TPSA) is 76.1 Å². The van der Waals surface area contributed by atoms with Gasteiger partial charge in [0, 0.05) is 6.54 Å². The van der Waals surface area contributed by atoms with Crippen molar-refractivity contribution in [3.8, 4) is 5.75 Å². The van der Waals surface area contributed by atoms with E-state index in [0.29, 0.717) is 18.9 Å². The summed E-state index contributed by atoms with van der Waals surface area (Å²) in [5, 5.41) is 9.09. The zero-order chi connectivity index (χ0) is 15.2. The number of hydrogen-bond acceptors (Lipinski definition) is 4. The summed E-state index contributed by atoms with van der Waals surface area (Å²) in [7, 11) is 0. The molecule has 1 atom stereocenters. The van der Waals surface area contributed by atoms with Gasteiger partial charge in [0.15, 0.2) is 6.04 Å². The fraction of sp³-hybridized carbons (Fsp3) is 0.467. The highest BCUT2D eigenvalue weighted by Crippen LogP contribution is 2.13. The highest BCUT2D eigenvalue weighted by atomic mass is 16.5. The Morgan fingerprint density at radius 2 is 2.29 bits per heavy atom. The summed E-state index contributed by atoms with van der Waals surface area (Å²) in [5.41, 5.74) is 1.08. The van der Waals surface area contributed by atoms with Crippen LogP contribution in [0.1, 0.15) is 12.0 Å². The second-order valence-corrected chi connectivity index (χ2v) is 4.93. The lowest BCUT2D eigenvalue weighted by molar-refractivity contribution is -0.158. The molecule has 1 N–H and O–H groups in total. The molecule has 1 unspecified atom stereocenters. The van der Waals surface area contributed by atoms with Crippen LogP contribution in [0.5, 0.6) is 5.75 Å². The first-order valence-electron chi connectivity index (χ1n) is 6.87. The molecular formula is C15H19NO5. The van der Waals surface area contributed by atoms with Gasteiger partial charge in [-0.3, -0.25) is 4.79 Å². The Hall–Kier alpha value is -2.08. The van der Waals surface area contributed by atoms with Gasteiger partial charge in [0.25, 0.3) is 0 Å². The van der Waals surface area contributed by atoms with E-state index < -0.39 is 12.0 Å². The van der Waals surface area contributed by atoms with Crippen molar-refractivity contribution in [1.82, 2.24) is 4.90 Å². The molecule has 1 aliphatic heterocycles. The van der Waals surface area contributed by atoms with E-state index in [2.05, 4.69) is 0 Å². The van der Waals surface area contributed by atoms with Crippen LogP contribution in [0.15, 0.2) is 24.3 Å². The molecule has 6 nitrogen and oxygen atoms in total. The van der Waals surface area contributed by atoms with Gasteiger partial charge in [0.1, 0.15) is 5.75 Å². The van der Waals surface area contributed by atoms with Crippen LogP contribution in [0.3, 0.4) is 0 Å². The van der Waals surface area contributed by atoms with Crippen molar-refractivity contribution in [2.24, 2.45) is 0 Å². The molecule has 0 aliphatic carbocycles. The molecule has 0 spiro atoms. The van der Waals surface area contributed by atoms with E-state index in [1.54, 1.807) is 0 Å². The Labute approximate surface area is 123 Å². The van der Waals surface area contributed by atoms with Crippen LogP contribution >= 0.6 is 0 Å². The fourth-order valence-electron chi connectivity index (χ4n) is 2.21. The predicted molar refractivity (Wildman–Crippen MR) is 75.2 cm³/mol. The number of ether oxygens (including phenoxy) is 2. The predicted octanol–water partition coefficient (Wildman–Crippen LogP) is 1.08. The van der Waals surface area contributed by atoms with E-state index in [9.17, 15) is 9.59 Å². The summed E-state index contributed by atoms with van der Waals surface area (Å²) in [6.45, 7) is 2.91. The summed E-state index contributed by atoms with van der Waals surface area (Å²) in [5.74, 6) is -0.555. The maximum Gasteiger partial charge on any atom is 0.328 e. The third-order valence-corrected chi connectivity index (χ3v) is 3.31. The molecule has 6 heteroatoms. The quantitative estimate of drug-likeness (QED) is 0.879. The van der Waals surface area contributed by atoms with Gasteiger partial charge in [0.05, 0.1) is 26.2 Å². The van der Waals surface area contributed by atoms with Crippen LogP contribution in [0.25, 0.3) is 0 Å². The summed E-state index contributed by atoms with van der Waals surface area (Å²) in [6, 6.07) is 6.66. The Bertz CT molecular complexity index is 517. The second-order valence-electron chi connectivity index (χ2n) is 4.93. The number of carbonyl (C=O) groups is 2. The summed E-state index contributed by atoms with van der Waals surface area (Å²) < 4.78 is 10.6. The van der Waals surface area contributed by atoms with Gasteiger partial charge < -0.3 is 19.5 Å². The third-order valence-electron chi connectivity index (χ3n) is 3.31. The van der Waals surface area contributed by atoms with Gasteiger partial charge >= 0.3 is 5.97 Å². The van der Waals surface area contributed by atoms with E-state index in [1.807, 2.05) is 31.2 Å². The zero-order valence-corrected chi connectivity index (χ0v) is 11.9.